The summed E-state index contributed by atoms with van der Waals surface area (Å²) in [7, 11) is 0. The number of alkyl carbamates (subject to hydrolysis) is 1. The van der Waals surface area contributed by atoms with Crippen molar-refractivity contribution < 1.29 is 43.4 Å². The summed E-state index contributed by atoms with van der Waals surface area (Å²) in [5.74, 6) is -5.28. The highest BCUT2D eigenvalue weighted by Gasteiger charge is 2.33. The molecule has 0 spiro atoms. The first kappa shape index (κ1) is 45.7. The first-order chi connectivity index (χ1) is 28.6. The molecule has 16 heteroatoms. The Kier molecular flexibility index (Phi) is 17.0. The number of primary amides is 1. The van der Waals surface area contributed by atoms with Crippen LogP contribution < -0.4 is 32.3 Å². The lowest BCUT2D eigenvalue weighted by atomic mass is 10.0. The van der Waals surface area contributed by atoms with E-state index in [1.54, 1.807) is 63.4 Å². The van der Waals surface area contributed by atoms with Crippen LogP contribution in [0.2, 0.25) is 0 Å². The van der Waals surface area contributed by atoms with Gasteiger partial charge in [0, 0.05) is 42.6 Å². The number of carbonyl (C=O) groups excluding carboxylic acids is 6. The zero-order valence-electron chi connectivity index (χ0n) is 33.9. The second-order valence-corrected chi connectivity index (χ2v) is 15.2. The molecule has 3 aromatic carbocycles. The number of carboxylic acid groups (broad SMARTS) is 1. The van der Waals surface area contributed by atoms with Crippen molar-refractivity contribution in [2.24, 2.45) is 5.73 Å². The first-order valence-electron chi connectivity index (χ1n) is 19.6. The number of unbranched alkanes of at least 4 members (excludes halogenated alkanes) is 1. The SMILES string of the molecule is CC(C)(C)OC(=O)N[C@@H](Cc1c[nH]c2ccccc12)C(=O)N[C@@H](CCCCNC(=O)/C=C/c1ccccc1)C(=O)N[C@@H](CC(=O)O)C(=O)N[C@@H](Cc1ccccc1)C(N)=O. The maximum atomic E-state index is 14.1. The predicted molar refractivity (Wildman–Crippen MR) is 225 cm³/mol. The summed E-state index contributed by atoms with van der Waals surface area (Å²) in [6.45, 7) is 5.23. The maximum absolute atomic E-state index is 14.1. The molecule has 16 nitrogen and oxygen atoms in total. The van der Waals surface area contributed by atoms with Crippen molar-refractivity contribution in [3.63, 3.8) is 0 Å². The Balaban J connectivity index is 1.53. The van der Waals surface area contributed by atoms with Gasteiger partial charge < -0.3 is 47.1 Å². The first-order valence-corrected chi connectivity index (χ1v) is 19.6. The summed E-state index contributed by atoms with van der Waals surface area (Å²) < 4.78 is 5.44. The third-order valence-electron chi connectivity index (χ3n) is 9.14. The summed E-state index contributed by atoms with van der Waals surface area (Å²) in [5, 5.41) is 23.5. The van der Waals surface area contributed by atoms with E-state index < -0.39 is 71.9 Å². The average molecular weight is 824 g/mol. The fourth-order valence-corrected chi connectivity index (χ4v) is 6.20. The van der Waals surface area contributed by atoms with Gasteiger partial charge in [-0.15, -0.1) is 0 Å². The fourth-order valence-electron chi connectivity index (χ4n) is 6.20. The molecule has 4 atom stereocenters. The van der Waals surface area contributed by atoms with Crippen LogP contribution in [-0.4, -0.2) is 88.0 Å². The van der Waals surface area contributed by atoms with Crippen LogP contribution in [-0.2, 0) is 46.3 Å². The van der Waals surface area contributed by atoms with E-state index in [1.807, 2.05) is 54.6 Å². The number of benzene rings is 3. The molecule has 1 aromatic heterocycles. The smallest absolute Gasteiger partial charge is 0.408 e. The van der Waals surface area contributed by atoms with E-state index in [9.17, 15) is 38.7 Å². The molecule has 0 bridgehead atoms. The van der Waals surface area contributed by atoms with Gasteiger partial charge in [0.1, 0.15) is 29.8 Å². The molecule has 9 N–H and O–H groups in total. The number of hydrogen-bond donors (Lipinski definition) is 8. The number of amides is 6. The third kappa shape index (κ3) is 15.4. The molecule has 1 heterocycles. The quantitative estimate of drug-likeness (QED) is 0.0453. The van der Waals surface area contributed by atoms with Crippen LogP contribution in [0.4, 0.5) is 4.79 Å². The Morgan fingerprint density at radius 3 is 2.00 bits per heavy atom. The van der Waals surface area contributed by atoms with Gasteiger partial charge in [-0.05, 0) is 68.9 Å². The number of aromatic nitrogens is 1. The number of fused-ring (bicyclic) bond motifs is 1. The summed E-state index contributed by atoms with van der Waals surface area (Å²) in [6, 6.07) is 19.8. The van der Waals surface area contributed by atoms with Crippen molar-refractivity contribution in [3.05, 3.63) is 114 Å². The van der Waals surface area contributed by atoms with Crippen LogP contribution in [0.3, 0.4) is 0 Å². The van der Waals surface area contributed by atoms with Crippen LogP contribution in [0.5, 0.6) is 0 Å². The predicted octanol–water partition coefficient (Wildman–Crippen LogP) is 3.26. The van der Waals surface area contributed by atoms with Crippen LogP contribution in [0.15, 0.2) is 97.2 Å². The lowest BCUT2D eigenvalue weighted by Crippen LogP contribution is -2.59. The lowest BCUT2D eigenvalue weighted by molar-refractivity contribution is -0.141. The third-order valence-corrected chi connectivity index (χ3v) is 9.14. The van der Waals surface area contributed by atoms with Gasteiger partial charge in [-0.2, -0.15) is 0 Å². The van der Waals surface area contributed by atoms with Crippen LogP contribution in [0.25, 0.3) is 17.0 Å². The molecule has 0 aliphatic rings. The molecule has 0 saturated carbocycles. The molecular formula is C44H53N7O9. The Morgan fingerprint density at radius 1 is 0.733 bits per heavy atom. The van der Waals surface area contributed by atoms with Gasteiger partial charge >= 0.3 is 12.1 Å². The highest BCUT2D eigenvalue weighted by Crippen LogP contribution is 2.20. The van der Waals surface area contributed by atoms with Gasteiger partial charge in [0.2, 0.25) is 29.5 Å². The minimum Gasteiger partial charge on any atom is -0.481 e. The summed E-state index contributed by atoms with van der Waals surface area (Å²) in [6.07, 6.45) is 3.68. The molecule has 318 valence electrons. The summed E-state index contributed by atoms with van der Waals surface area (Å²) in [5.41, 5.74) is 7.70. The molecule has 4 aromatic rings. The van der Waals surface area contributed by atoms with E-state index in [0.717, 1.165) is 16.5 Å². The monoisotopic (exact) mass is 823 g/mol. The number of carboxylic acids is 1. The normalized spacial score (nSPS) is 13.3. The molecule has 0 fully saturated rings. The molecule has 0 radical (unpaired) electrons. The van der Waals surface area contributed by atoms with Crippen LogP contribution >= 0.6 is 0 Å². The Labute approximate surface area is 348 Å². The van der Waals surface area contributed by atoms with Gasteiger partial charge in [0.25, 0.3) is 0 Å². The molecular weight excluding hydrogens is 771 g/mol. The fraction of sp³-hybridized carbons (Fsp3) is 0.341. The number of carbonyl (C=O) groups is 7. The number of para-hydroxylation sites is 1. The second-order valence-electron chi connectivity index (χ2n) is 15.2. The van der Waals surface area contributed by atoms with Crippen molar-refractivity contribution in [3.8, 4) is 0 Å². The standard InChI is InChI=1S/C44H53N7O9/c1-44(2,3)60-43(59)51-35(25-30-27-47-32-19-11-10-18-31(30)32)41(57)48-33(20-12-13-23-46-37(52)22-21-28-14-6-4-7-15-28)40(56)50-36(26-38(53)54)42(58)49-34(39(45)55)24-29-16-8-5-9-17-29/h4-11,14-19,21-22,27,33-36,47H,12-13,20,23-26H2,1-3H3,(H2,45,55)(H,46,52)(H,48,57)(H,49,58)(H,50,56)(H,51,59)(H,53,54)/b22-21+/t33-,34-,35-,36-/m0/s1. The van der Waals surface area contributed by atoms with E-state index in [1.165, 1.54) is 6.08 Å². The maximum Gasteiger partial charge on any atom is 0.408 e. The van der Waals surface area contributed by atoms with Gasteiger partial charge in [0.15, 0.2) is 0 Å². The number of nitrogens with two attached hydrogens (primary N) is 1. The zero-order chi connectivity index (χ0) is 43.7. The van der Waals surface area contributed by atoms with Crippen molar-refractivity contribution in [1.82, 2.24) is 31.6 Å². The number of aromatic amines is 1. The van der Waals surface area contributed by atoms with E-state index in [4.69, 9.17) is 10.5 Å². The number of aliphatic carboxylic acids is 1. The molecule has 60 heavy (non-hydrogen) atoms. The van der Waals surface area contributed by atoms with Crippen LogP contribution in [0.1, 0.15) is 63.1 Å². The topological polar surface area (TPSA) is 251 Å². The summed E-state index contributed by atoms with van der Waals surface area (Å²) >= 11 is 0. The molecule has 6 amide bonds. The summed E-state index contributed by atoms with van der Waals surface area (Å²) in [4.78, 5) is 94.5. The molecule has 0 aliphatic carbocycles. The largest absolute Gasteiger partial charge is 0.481 e. The van der Waals surface area contributed by atoms with Crippen molar-refractivity contribution >= 4 is 58.6 Å². The van der Waals surface area contributed by atoms with E-state index in [-0.39, 0.29) is 38.1 Å². The molecule has 0 unspecified atom stereocenters. The van der Waals surface area contributed by atoms with Crippen molar-refractivity contribution in [2.75, 3.05) is 6.54 Å². The van der Waals surface area contributed by atoms with E-state index >= 15 is 0 Å². The van der Waals surface area contributed by atoms with Gasteiger partial charge in [-0.25, -0.2) is 4.79 Å². The highest BCUT2D eigenvalue weighted by atomic mass is 16.6. The average Bonchev–Trinajstić information content (AvgIpc) is 3.61. The lowest BCUT2D eigenvalue weighted by Gasteiger charge is -2.26. The van der Waals surface area contributed by atoms with Crippen molar-refractivity contribution in [2.45, 2.75) is 89.1 Å². The molecule has 0 saturated heterocycles. The van der Waals surface area contributed by atoms with Gasteiger partial charge in [-0.1, -0.05) is 78.9 Å². The van der Waals surface area contributed by atoms with Gasteiger partial charge in [-0.3, -0.25) is 28.8 Å². The van der Waals surface area contributed by atoms with E-state index in [2.05, 4.69) is 31.6 Å². The zero-order valence-corrected chi connectivity index (χ0v) is 33.9. The van der Waals surface area contributed by atoms with E-state index in [0.29, 0.717) is 17.5 Å². The molecule has 0 aliphatic heterocycles. The Bertz CT molecular complexity index is 2130. The minimum absolute atomic E-state index is 0.00801. The Hall–Kier alpha value is -6.97. The second kappa shape index (κ2) is 22.3. The minimum atomic E-state index is -1.68. The number of ether oxygens (including phenoxy) is 1. The van der Waals surface area contributed by atoms with Gasteiger partial charge in [0.05, 0.1) is 6.42 Å². The number of hydrogen-bond acceptors (Lipinski definition) is 8. The van der Waals surface area contributed by atoms with Crippen LogP contribution in [0, 0.1) is 0 Å². The number of nitrogens with one attached hydrogen (secondary N) is 6. The Morgan fingerprint density at radius 2 is 1.33 bits per heavy atom. The number of H-pyrrole nitrogens is 1. The highest BCUT2D eigenvalue weighted by molar-refractivity contribution is 5.97. The molecule has 4 rings (SSSR count). The van der Waals surface area contributed by atoms with Crippen molar-refractivity contribution in [1.29, 1.82) is 0 Å². The number of rotatable bonds is 21.